The van der Waals surface area contributed by atoms with Crippen molar-refractivity contribution in [1.82, 2.24) is 14.7 Å². The van der Waals surface area contributed by atoms with Crippen molar-refractivity contribution in [2.24, 2.45) is 5.41 Å². The summed E-state index contributed by atoms with van der Waals surface area (Å²) in [5, 5.41) is 4.79. The minimum Gasteiger partial charge on any atom is -0.397 e. The van der Waals surface area contributed by atoms with Crippen LogP contribution in [0, 0.1) is 11.2 Å². The first-order chi connectivity index (χ1) is 16.6. The van der Waals surface area contributed by atoms with E-state index in [-0.39, 0.29) is 22.9 Å². The number of allylic oxidation sites excluding steroid dienone is 1. The minimum atomic E-state index is -0.315. The third kappa shape index (κ3) is 5.04. The van der Waals surface area contributed by atoms with Crippen LogP contribution in [0.3, 0.4) is 0 Å². The lowest BCUT2D eigenvalue weighted by atomic mass is 9.75. The second-order valence-corrected chi connectivity index (χ2v) is 10.0. The number of nitrogens with zero attached hydrogens (tertiary/aromatic N) is 3. The normalized spacial score (nSPS) is 14.5. The second-order valence-electron chi connectivity index (χ2n) is 10.0. The average molecular weight is 475 g/mol. The minimum absolute atomic E-state index is 0.106. The zero-order valence-corrected chi connectivity index (χ0v) is 20.5. The topological polar surface area (TPSA) is 81.2 Å². The largest absolute Gasteiger partial charge is 0.397 e. The fourth-order valence-corrected chi connectivity index (χ4v) is 4.68. The van der Waals surface area contributed by atoms with Crippen LogP contribution in [0.1, 0.15) is 64.4 Å². The molecule has 6 nitrogen and oxygen atoms in total. The van der Waals surface area contributed by atoms with E-state index in [1.807, 2.05) is 6.08 Å². The van der Waals surface area contributed by atoms with Crippen LogP contribution in [0.5, 0.6) is 0 Å². The molecule has 0 fully saturated rings. The molecule has 182 valence electrons. The lowest BCUT2D eigenvalue weighted by Gasteiger charge is -2.29. The third-order valence-corrected chi connectivity index (χ3v) is 6.39. The van der Waals surface area contributed by atoms with Gasteiger partial charge in [-0.1, -0.05) is 32.1 Å². The van der Waals surface area contributed by atoms with E-state index < -0.39 is 0 Å². The Hall–Kier alpha value is -3.74. The quantitative estimate of drug-likeness (QED) is 0.380. The molecule has 1 aromatic heterocycles. The first kappa shape index (κ1) is 24.4. The van der Waals surface area contributed by atoms with Gasteiger partial charge in [0, 0.05) is 25.6 Å². The number of Topliss-reactive ketones (excluding diaryl/α,β-unsaturated/α-hetero) is 1. The van der Waals surface area contributed by atoms with Crippen molar-refractivity contribution in [2.75, 3.05) is 12.8 Å². The van der Waals surface area contributed by atoms with Crippen LogP contribution in [0.2, 0.25) is 0 Å². The van der Waals surface area contributed by atoms with Crippen molar-refractivity contribution in [3.63, 3.8) is 0 Å². The number of rotatable bonds is 7. The molecule has 0 saturated heterocycles. The van der Waals surface area contributed by atoms with Crippen molar-refractivity contribution in [1.29, 1.82) is 0 Å². The summed E-state index contributed by atoms with van der Waals surface area (Å²) in [6.07, 6.45) is 4.37. The zero-order valence-electron chi connectivity index (χ0n) is 20.5. The SMILES string of the molecule is C=CCCc1nn(-c2ccc(C(=O)N(C)Cc3ccc(F)cc3)cc2N)c2c1C(=O)CC(C)(C)C2. The van der Waals surface area contributed by atoms with Gasteiger partial charge in [-0.2, -0.15) is 5.10 Å². The van der Waals surface area contributed by atoms with Crippen LogP contribution < -0.4 is 5.73 Å². The molecule has 1 heterocycles. The van der Waals surface area contributed by atoms with E-state index in [0.29, 0.717) is 48.3 Å². The number of aromatic nitrogens is 2. The summed E-state index contributed by atoms with van der Waals surface area (Å²) >= 11 is 0. The van der Waals surface area contributed by atoms with E-state index in [0.717, 1.165) is 23.4 Å². The maximum atomic E-state index is 13.2. The summed E-state index contributed by atoms with van der Waals surface area (Å²) in [6, 6.07) is 11.2. The summed E-state index contributed by atoms with van der Waals surface area (Å²) in [6.45, 7) is 8.29. The van der Waals surface area contributed by atoms with Gasteiger partial charge in [-0.15, -0.1) is 6.58 Å². The Morgan fingerprint density at radius 2 is 1.94 bits per heavy atom. The van der Waals surface area contributed by atoms with Crippen LogP contribution >= 0.6 is 0 Å². The van der Waals surface area contributed by atoms with Gasteiger partial charge in [-0.25, -0.2) is 9.07 Å². The van der Waals surface area contributed by atoms with E-state index >= 15 is 0 Å². The molecule has 0 bridgehead atoms. The molecule has 35 heavy (non-hydrogen) atoms. The van der Waals surface area contributed by atoms with Gasteiger partial charge in [-0.3, -0.25) is 9.59 Å². The van der Waals surface area contributed by atoms with Gasteiger partial charge in [0.15, 0.2) is 5.78 Å². The van der Waals surface area contributed by atoms with Gasteiger partial charge < -0.3 is 10.6 Å². The predicted molar refractivity (Wildman–Crippen MR) is 135 cm³/mol. The van der Waals surface area contributed by atoms with Crippen LogP contribution in [-0.2, 0) is 19.4 Å². The number of benzene rings is 2. The molecule has 0 spiro atoms. The maximum Gasteiger partial charge on any atom is 0.253 e. The molecule has 1 aliphatic carbocycles. The number of carbonyl (C=O) groups excluding carboxylic acids is 2. The molecular weight excluding hydrogens is 443 g/mol. The molecule has 0 aliphatic heterocycles. The molecule has 2 N–H and O–H groups in total. The Morgan fingerprint density at radius 3 is 2.60 bits per heavy atom. The van der Waals surface area contributed by atoms with E-state index in [1.165, 1.54) is 12.1 Å². The van der Waals surface area contributed by atoms with Gasteiger partial charge in [0.25, 0.3) is 5.91 Å². The monoisotopic (exact) mass is 474 g/mol. The molecule has 7 heteroatoms. The van der Waals surface area contributed by atoms with Crippen molar-refractivity contribution in [3.8, 4) is 5.69 Å². The number of hydrogen-bond donors (Lipinski definition) is 1. The smallest absolute Gasteiger partial charge is 0.253 e. The summed E-state index contributed by atoms with van der Waals surface area (Å²) in [4.78, 5) is 27.6. The van der Waals surface area contributed by atoms with Crippen molar-refractivity contribution < 1.29 is 14.0 Å². The number of fused-ring (bicyclic) bond motifs is 1. The number of ketones is 1. The first-order valence-corrected chi connectivity index (χ1v) is 11.7. The summed E-state index contributed by atoms with van der Waals surface area (Å²) in [5.74, 6) is -0.406. The second kappa shape index (κ2) is 9.49. The van der Waals surface area contributed by atoms with Gasteiger partial charge in [0.2, 0.25) is 0 Å². The summed E-state index contributed by atoms with van der Waals surface area (Å²) < 4.78 is 15.0. The number of nitrogen functional groups attached to an aromatic ring is 1. The Balaban J connectivity index is 1.65. The molecule has 2 aromatic carbocycles. The van der Waals surface area contributed by atoms with Gasteiger partial charge >= 0.3 is 0 Å². The Morgan fingerprint density at radius 1 is 1.23 bits per heavy atom. The van der Waals surface area contributed by atoms with E-state index in [1.54, 1.807) is 47.0 Å². The standard InChI is InChI=1S/C28H31FN4O2/c1-5-6-7-22-26-24(15-28(2,3)16-25(26)34)33(31-22)23-13-10-19(14-21(23)30)27(35)32(4)17-18-8-11-20(29)12-9-18/h5,8-14H,1,6-7,15-17,30H2,2-4H3. The Bertz CT molecular complexity index is 1290. The lowest BCUT2D eigenvalue weighted by molar-refractivity contribution is 0.0784. The van der Waals surface area contributed by atoms with Gasteiger partial charge in [0.1, 0.15) is 5.82 Å². The first-order valence-electron chi connectivity index (χ1n) is 11.7. The Kier molecular flexibility index (Phi) is 6.61. The van der Waals surface area contributed by atoms with Gasteiger partial charge in [0.05, 0.1) is 28.3 Å². The number of anilines is 1. The van der Waals surface area contributed by atoms with Crippen LogP contribution in [0.15, 0.2) is 55.1 Å². The van der Waals surface area contributed by atoms with Crippen LogP contribution in [-0.4, -0.2) is 33.4 Å². The lowest BCUT2D eigenvalue weighted by Crippen LogP contribution is -2.28. The number of hydrogen-bond acceptors (Lipinski definition) is 4. The number of nitrogens with two attached hydrogens (primary N) is 1. The van der Waals surface area contributed by atoms with Crippen LogP contribution in [0.4, 0.5) is 10.1 Å². The molecule has 1 amide bonds. The zero-order chi connectivity index (χ0) is 25.3. The van der Waals surface area contributed by atoms with E-state index in [2.05, 4.69) is 20.4 Å². The van der Waals surface area contributed by atoms with Gasteiger partial charge in [-0.05, 0) is 60.6 Å². The fraction of sp³-hybridized carbons (Fsp3) is 0.321. The highest BCUT2D eigenvalue weighted by atomic mass is 19.1. The van der Waals surface area contributed by atoms with E-state index in [4.69, 9.17) is 10.8 Å². The molecule has 1 aliphatic rings. The maximum absolute atomic E-state index is 13.2. The van der Waals surface area contributed by atoms with E-state index in [9.17, 15) is 14.0 Å². The number of halogens is 1. The summed E-state index contributed by atoms with van der Waals surface area (Å²) in [7, 11) is 1.69. The number of amides is 1. The molecule has 0 saturated carbocycles. The molecule has 0 radical (unpaired) electrons. The van der Waals surface area contributed by atoms with Crippen molar-refractivity contribution >= 4 is 17.4 Å². The van der Waals surface area contributed by atoms with Crippen molar-refractivity contribution in [2.45, 2.75) is 46.1 Å². The third-order valence-electron chi connectivity index (χ3n) is 6.39. The average Bonchev–Trinajstić information content (AvgIpc) is 3.15. The molecular formula is C28H31FN4O2. The molecule has 0 unspecified atom stereocenters. The molecule has 4 rings (SSSR count). The Labute approximate surface area is 205 Å². The predicted octanol–water partition coefficient (Wildman–Crippen LogP) is 5.14. The fourth-order valence-electron chi connectivity index (χ4n) is 4.68. The number of carbonyl (C=O) groups is 2. The highest BCUT2D eigenvalue weighted by Crippen LogP contribution is 2.38. The molecule has 0 atom stereocenters. The molecule has 3 aromatic rings. The highest BCUT2D eigenvalue weighted by Gasteiger charge is 2.36. The number of aryl methyl sites for hydroxylation is 1. The van der Waals surface area contributed by atoms with Crippen LogP contribution in [0.25, 0.3) is 5.69 Å². The highest BCUT2D eigenvalue weighted by molar-refractivity contribution is 6.00. The summed E-state index contributed by atoms with van der Waals surface area (Å²) in [5.41, 5.74) is 10.9. The van der Waals surface area contributed by atoms with Crippen molar-refractivity contribution in [3.05, 3.63) is 89.0 Å².